The van der Waals surface area contributed by atoms with Crippen molar-refractivity contribution in [2.75, 3.05) is 0 Å². The Morgan fingerprint density at radius 3 is 2.31 bits per heavy atom. The Kier molecular flexibility index (Phi) is 3.66. The zero-order valence-electron chi connectivity index (χ0n) is 6.43. The van der Waals surface area contributed by atoms with E-state index in [1.165, 1.54) is 18.1 Å². The molecule has 2 nitrogen and oxygen atoms in total. The molecular formula is C8H7F3O2. The van der Waals surface area contributed by atoms with Crippen LogP contribution in [-0.2, 0) is 4.79 Å². The van der Waals surface area contributed by atoms with E-state index in [0.717, 1.165) is 12.2 Å². The third kappa shape index (κ3) is 2.57. The van der Waals surface area contributed by atoms with E-state index < -0.39 is 12.1 Å². The predicted octanol–water partition coefficient (Wildman–Crippen LogP) is 1.22. The normalized spacial score (nSPS) is 20.8. The number of hydrogen-bond donors (Lipinski definition) is 0. The molecule has 72 valence electrons. The Morgan fingerprint density at radius 1 is 1.31 bits per heavy atom. The van der Waals surface area contributed by atoms with Gasteiger partial charge in [0.2, 0.25) is 0 Å². The van der Waals surface area contributed by atoms with Gasteiger partial charge in [-0.15, -0.1) is 0 Å². The maximum Gasteiger partial charge on any atom is 0.399 e. The van der Waals surface area contributed by atoms with Crippen LogP contribution in [0.4, 0.5) is 13.2 Å². The highest BCUT2D eigenvalue weighted by molar-refractivity contribution is 5.61. The molecule has 0 radical (unpaired) electrons. The second-order valence-corrected chi connectivity index (χ2v) is 2.32. The van der Waals surface area contributed by atoms with Gasteiger partial charge in [0.15, 0.2) is 0 Å². The first kappa shape index (κ1) is 11.7. The number of carbonyl (C=O) groups excluding carboxylic acids is 1. The lowest BCUT2D eigenvalue weighted by Crippen LogP contribution is -2.23. The van der Waals surface area contributed by atoms with Gasteiger partial charge in [-0.3, -0.25) is 0 Å². The number of allylic oxidation sites excluding steroid dienone is 5. The molecule has 0 aromatic rings. The summed E-state index contributed by atoms with van der Waals surface area (Å²) in [4.78, 5) is 10.1. The lowest BCUT2D eigenvalue weighted by atomic mass is 9.95. The SMILES string of the molecule is O.O=C=C1C=CC=CC1C(F)(F)F. The predicted molar refractivity (Wildman–Crippen MR) is 40.6 cm³/mol. The first-order chi connectivity index (χ1) is 5.55. The van der Waals surface area contributed by atoms with Crippen LogP contribution >= 0.6 is 0 Å². The molecule has 0 fully saturated rings. The Labute approximate surface area is 72.4 Å². The van der Waals surface area contributed by atoms with Gasteiger partial charge in [0.05, 0.1) is 5.57 Å². The molecule has 1 aliphatic rings. The maximum absolute atomic E-state index is 12.1. The molecule has 5 heteroatoms. The second kappa shape index (κ2) is 4.07. The van der Waals surface area contributed by atoms with Crippen molar-refractivity contribution in [1.29, 1.82) is 0 Å². The molecule has 0 saturated carbocycles. The molecule has 0 aromatic carbocycles. The maximum atomic E-state index is 12.1. The van der Waals surface area contributed by atoms with Crippen molar-refractivity contribution in [2.24, 2.45) is 5.92 Å². The highest BCUT2D eigenvalue weighted by Gasteiger charge is 2.40. The van der Waals surface area contributed by atoms with Crippen molar-refractivity contribution in [3.63, 3.8) is 0 Å². The summed E-state index contributed by atoms with van der Waals surface area (Å²) in [6.45, 7) is 0. The highest BCUT2D eigenvalue weighted by Crippen LogP contribution is 2.33. The standard InChI is InChI=1S/C8H5F3O.H2O/c9-8(10,11)7-4-2-1-3-6(7)5-12;/h1-4,7H;1H2. The van der Waals surface area contributed by atoms with Gasteiger partial charge in [-0.2, -0.15) is 13.2 Å². The van der Waals surface area contributed by atoms with Crippen molar-refractivity contribution in [3.05, 3.63) is 29.9 Å². The average Bonchev–Trinajstić information content (AvgIpc) is 2.03. The summed E-state index contributed by atoms with van der Waals surface area (Å²) in [6, 6.07) is 0. The largest absolute Gasteiger partial charge is 0.412 e. The lowest BCUT2D eigenvalue weighted by molar-refractivity contribution is -0.150. The third-order valence-corrected chi connectivity index (χ3v) is 1.50. The highest BCUT2D eigenvalue weighted by atomic mass is 19.4. The molecule has 0 bridgehead atoms. The van der Waals surface area contributed by atoms with Crippen LogP contribution in [0.1, 0.15) is 0 Å². The Hall–Kier alpha value is -1.32. The van der Waals surface area contributed by atoms with E-state index in [-0.39, 0.29) is 11.0 Å². The van der Waals surface area contributed by atoms with E-state index in [2.05, 4.69) is 0 Å². The minimum absolute atomic E-state index is 0. The van der Waals surface area contributed by atoms with E-state index in [9.17, 15) is 18.0 Å². The fraction of sp³-hybridized carbons (Fsp3) is 0.250. The average molecular weight is 192 g/mol. The molecule has 0 amide bonds. The minimum Gasteiger partial charge on any atom is -0.412 e. The lowest BCUT2D eigenvalue weighted by Gasteiger charge is -2.16. The molecule has 1 unspecified atom stereocenters. The molecule has 0 aromatic heterocycles. The monoisotopic (exact) mass is 192 g/mol. The molecule has 13 heavy (non-hydrogen) atoms. The Bertz CT molecular complexity index is 282. The number of hydrogen-bond acceptors (Lipinski definition) is 1. The first-order valence-corrected chi connectivity index (χ1v) is 3.22. The van der Waals surface area contributed by atoms with E-state index in [1.807, 2.05) is 0 Å². The Morgan fingerprint density at radius 2 is 1.92 bits per heavy atom. The van der Waals surface area contributed by atoms with Gasteiger partial charge in [0, 0.05) is 0 Å². The summed E-state index contributed by atoms with van der Waals surface area (Å²) in [7, 11) is 0. The molecule has 2 N–H and O–H groups in total. The molecule has 0 heterocycles. The number of halogens is 3. The van der Waals surface area contributed by atoms with Gasteiger partial charge in [0.25, 0.3) is 0 Å². The molecule has 0 spiro atoms. The number of alkyl halides is 3. The van der Waals surface area contributed by atoms with E-state index in [0.29, 0.717) is 0 Å². The third-order valence-electron chi connectivity index (χ3n) is 1.50. The van der Waals surface area contributed by atoms with E-state index in [4.69, 9.17) is 0 Å². The van der Waals surface area contributed by atoms with Gasteiger partial charge in [-0.1, -0.05) is 18.2 Å². The summed E-state index contributed by atoms with van der Waals surface area (Å²) in [5.41, 5.74) is -0.370. The molecule has 1 aliphatic carbocycles. The van der Waals surface area contributed by atoms with Crippen LogP contribution < -0.4 is 0 Å². The van der Waals surface area contributed by atoms with Crippen LogP contribution in [0.5, 0.6) is 0 Å². The van der Waals surface area contributed by atoms with Gasteiger partial charge in [-0.25, -0.2) is 4.79 Å². The van der Waals surface area contributed by atoms with Crippen LogP contribution in [0, 0.1) is 5.92 Å². The number of rotatable bonds is 0. The molecule has 1 rings (SSSR count). The van der Waals surface area contributed by atoms with Crippen LogP contribution in [-0.4, -0.2) is 17.6 Å². The van der Waals surface area contributed by atoms with Gasteiger partial charge in [-0.05, 0) is 6.08 Å². The van der Waals surface area contributed by atoms with Crippen molar-refractivity contribution in [2.45, 2.75) is 6.18 Å². The zero-order chi connectivity index (χ0) is 9.19. The van der Waals surface area contributed by atoms with Crippen LogP contribution in [0.15, 0.2) is 29.9 Å². The fourth-order valence-electron chi connectivity index (χ4n) is 0.925. The van der Waals surface area contributed by atoms with Crippen molar-refractivity contribution >= 4 is 5.94 Å². The smallest absolute Gasteiger partial charge is 0.399 e. The van der Waals surface area contributed by atoms with Crippen molar-refractivity contribution in [3.8, 4) is 0 Å². The topological polar surface area (TPSA) is 48.6 Å². The molecular weight excluding hydrogens is 185 g/mol. The summed E-state index contributed by atoms with van der Waals surface area (Å²) < 4.78 is 36.3. The minimum atomic E-state index is -4.39. The van der Waals surface area contributed by atoms with E-state index in [1.54, 1.807) is 0 Å². The molecule has 1 atom stereocenters. The zero-order valence-corrected chi connectivity index (χ0v) is 6.43. The van der Waals surface area contributed by atoms with Crippen LogP contribution in [0.25, 0.3) is 0 Å². The van der Waals surface area contributed by atoms with Gasteiger partial charge in [0.1, 0.15) is 11.9 Å². The van der Waals surface area contributed by atoms with Crippen LogP contribution in [0.2, 0.25) is 0 Å². The molecule has 0 saturated heterocycles. The molecule has 0 aliphatic heterocycles. The fourth-order valence-corrected chi connectivity index (χ4v) is 0.925. The Balaban J connectivity index is 0.00000144. The van der Waals surface area contributed by atoms with Gasteiger partial charge >= 0.3 is 6.18 Å². The van der Waals surface area contributed by atoms with Gasteiger partial charge < -0.3 is 5.48 Å². The summed E-state index contributed by atoms with van der Waals surface area (Å²) >= 11 is 0. The summed E-state index contributed by atoms with van der Waals surface area (Å²) in [6.07, 6.45) is 0.293. The summed E-state index contributed by atoms with van der Waals surface area (Å²) in [5.74, 6) is -0.523. The van der Waals surface area contributed by atoms with Crippen LogP contribution in [0.3, 0.4) is 0 Å². The van der Waals surface area contributed by atoms with E-state index >= 15 is 0 Å². The quantitative estimate of drug-likeness (QED) is 0.532. The van der Waals surface area contributed by atoms with Crippen molar-refractivity contribution in [1.82, 2.24) is 0 Å². The summed E-state index contributed by atoms with van der Waals surface area (Å²) in [5, 5.41) is 0. The van der Waals surface area contributed by atoms with Crippen molar-refractivity contribution < 1.29 is 23.4 Å². The second-order valence-electron chi connectivity index (χ2n) is 2.32. The first-order valence-electron chi connectivity index (χ1n) is 3.22.